The average molecular weight is 418 g/mol. The molecule has 1 N–H and O–H groups in total. The minimum atomic E-state index is -2.71. The van der Waals surface area contributed by atoms with Crippen LogP contribution >= 0.6 is 7.14 Å². The van der Waals surface area contributed by atoms with Gasteiger partial charge in [-0.1, -0.05) is 0 Å². The number of fused-ring (bicyclic) bond motifs is 1. The molecule has 0 saturated carbocycles. The van der Waals surface area contributed by atoms with E-state index in [0.717, 1.165) is 0 Å². The lowest BCUT2D eigenvalue weighted by Crippen LogP contribution is -2.09. The fourth-order valence-corrected chi connectivity index (χ4v) is 4.68. The van der Waals surface area contributed by atoms with Crippen molar-refractivity contribution >= 4 is 29.1 Å². The van der Waals surface area contributed by atoms with Crippen LogP contribution in [0.2, 0.25) is 0 Å². The van der Waals surface area contributed by atoms with Crippen LogP contribution in [0.1, 0.15) is 16.1 Å². The average Bonchev–Trinajstić information content (AvgIpc) is 3.14. The van der Waals surface area contributed by atoms with E-state index in [-0.39, 0.29) is 11.5 Å². The Morgan fingerprint density at radius 3 is 2.00 bits per heavy atom. The van der Waals surface area contributed by atoms with Crippen molar-refractivity contribution in [1.29, 1.82) is 0 Å². The molecule has 3 rings (SSSR count). The molecule has 0 aliphatic heterocycles. The molecule has 154 valence electrons. The van der Waals surface area contributed by atoms with Gasteiger partial charge in [0.2, 0.25) is 11.5 Å². The van der Waals surface area contributed by atoms with Gasteiger partial charge in [-0.25, -0.2) is 0 Å². The van der Waals surface area contributed by atoms with Crippen molar-refractivity contribution in [2.24, 2.45) is 0 Å². The maximum Gasteiger partial charge on any atom is 0.214 e. The molecule has 0 saturated heterocycles. The van der Waals surface area contributed by atoms with Gasteiger partial charge in [0.1, 0.15) is 18.6 Å². The molecule has 8 nitrogen and oxygen atoms in total. The molecule has 0 fully saturated rings. The van der Waals surface area contributed by atoms with Gasteiger partial charge < -0.3 is 23.5 Å². The summed E-state index contributed by atoms with van der Waals surface area (Å²) in [6.45, 7) is 3.29. The van der Waals surface area contributed by atoms with Crippen LogP contribution < -0.4 is 24.3 Å². The Balaban J connectivity index is 2.20. The minimum Gasteiger partial charge on any atom is -0.496 e. The summed E-state index contributed by atoms with van der Waals surface area (Å²) in [6.07, 6.45) is 0. The molecule has 0 bridgehead atoms. The van der Waals surface area contributed by atoms with Crippen LogP contribution in [0.3, 0.4) is 0 Å². The molecule has 2 aromatic carbocycles. The molecule has 3 aromatic rings. The SMILES string of the molecule is COc1cc(C(=O)c2n[nH]c3c(P(C)(C)=O)c(OC)ccc23)cc(OC)c1OC. The molecular weight excluding hydrogens is 395 g/mol. The quantitative estimate of drug-likeness (QED) is 0.465. The van der Waals surface area contributed by atoms with Crippen molar-refractivity contribution in [2.45, 2.75) is 0 Å². The number of nitrogens with one attached hydrogen (secondary N) is 1. The standard InChI is InChI=1S/C20H23N2O6P/c1-25-13-8-7-12-16(21-22-17(12)20(13)29(5,6)24)18(23)11-9-14(26-2)19(28-4)15(10-11)27-3/h7-10H,1-6H3,(H,21,22). The number of H-pyrrole nitrogens is 1. The third kappa shape index (κ3) is 3.56. The number of methoxy groups -OCH3 is 4. The van der Waals surface area contributed by atoms with Crippen molar-refractivity contribution in [3.8, 4) is 23.0 Å². The van der Waals surface area contributed by atoms with Crippen molar-refractivity contribution in [1.82, 2.24) is 10.2 Å². The zero-order chi connectivity index (χ0) is 21.3. The first-order chi connectivity index (χ1) is 13.8. The normalized spacial score (nSPS) is 11.4. The molecule has 0 amide bonds. The van der Waals surface area contributed by atoms with Gasteiger partial charge in [0.15, 0.2) is 11.5 Å². The molecule has 29 heavy (non-hydrogen) atoms. The van der Waals surface area contributed by atoms with Gasteiger partial charge in [0, 0.05) is 10.9 Å². The van der Waals surface area contributed by atoms with Crippen LogP contribution in [0.25, 0.3) is 10.9 Å². The van der Waals surface area contributed by atoms with Crippen LogP contribution in [0.5, 0.6) is 23.0 Å². The summed E-state index contributed by atoms with van der Waals surface area (Å²) in [6, 6.07) is 6.55. The number of rotatable bonds is 7. The number of benzene rings is 2. The lowest BCUT2D eigenvalue weighted by atomic mass is 10.0. The number of hydrogen-bond acceptors (Lipinski definition) is 7. The number of aromatic nitrogens is 2. The molecule has 0 spiro atoms. The van der Waals surface area contributed by atoms with Gasteiger partial charge in [-0.3, -0.25) is 9.89 Å². The summed E-state index contributed by atoms with van der Waals surface area (Å²) in [5.74, 6) is 1.27. The first-order valence-electron chi connectivity index (χ1n) is 8.72. The second kappa shape index (κ2) is 7.79. The number of nitrogens with zero attached hydrogens (tertiary/aromatic N) is 1. The molecule has 0 radical (unpaired) electrons. The number of ketones is 1. The van der Waals surface area contributed by atoms with Gasteiger partial charge in [-0.2, -0.15) is 5.10 Å². The predicted molar refractivity (Wildman–Crippen MR) is 111 cm³/mol. The highest BCUT2D eigenvalue weighted by molar-refractivity contribution is 7.70. The van der Waals surface area contributed by atoms with Crippen LogP contribution in [-0.4, -0.2) is 57.7 Å². The van der Waals surface area contributed by atoms with E-state index in [4.69, 9.17) is 18.9 Å². The Hall–Kier alpha value is -2.99. The predicted octanol–water partition coefficient (Wildman–Crippen LogP) is 3.08. The van der Waals surface area contributed by atoms with Crippen molar-refractivity contribution < 1.29 is 28.3 Å². The van der Waals surface area contributed by atoms with E-state index in [9.17, 15) is 9.36 Å². The summed E-state index contributed by atoms with van der Waals surface area (Å²) >= 11 is 0. The van der Waals surface area contributed by atoms with Crippen molar-refractivity contribution in [3.63, 3.8) is 0 Å². The van der Waals surface area contributed by atoms with E-state index in [1.165, 1.54) is 28.4 Å². The first kappa shape index (κ1) is 20.7. The number of hydrogen-bond donors (Lipinski definition) is 1. The number of carbonyl (C=O) groups excluding carboxylic acids is 1. The maximum absolute atomic E-state index is 13.2. The largest absolute Gasteiger partial charge is 0.496 e. The molecule has 1 heterocycles. The summed E-state index contributed by atoms with van der Waals surface area (Å²) in [4.78, 5) is 13.2. The highest BCUT2D eigenvalue weighted by Gasteiger charge is 2.26. The van der Waals surface area contributed by atoms with Crippen molar-refractivity contribution in [2.75, 3.05) is 41.8 Å². The smallest absolute Gasteiger partial charge is 0.214 e. The van der Waals surface area contributed by atoms with E-state index >= 15 is 0 Å². The van der Waals surface area contributed by atoms with E-state index in [1.807, 2.05) is 0 Å². The minimum absolute atomic E-state index is 0.201. The van der Waals surface area contributed by atoms with E-state index in [1.54, 1.807) is 37.6 Å². The van der Waals surface area contributed by atoms with Gasteiger partial charge in [-0.15, -0.1) is 0 Å². The topological polar surface area (TPSA) is 99.7 Å². The Morgan fingerprint density at radius 2 is 1.52 bits per heavy atom. The fourth-order valence-electron chi connectivity index (χ4n) is 3.28. The van der Waals surface area contributed by atoms with Gasteiger partial charge >= 0.3 is 0 Å². The van der Waals surface area contributed by atoms with Gasteiger partial charge in [0.25, 0.3) is 0 Å². The van der Waals surface area contributed by atoms with Gasteiger partial charge in [-0.05, 0) is 37.6 Å². The first-order valence-corrected chi connectivity index (χ1v) is 11.3. The number of carbonyl (C=O) groups is 1. The van der Waals surface area contributed by atoms with Crippen LogP contribution in [0.4, 0.5) is 0 Å². The second-order valence-corrected chi connectivity index (χ2v) is 9.85. The highest BCUT2D eigenvalue weighted by Crippen LogP contribution is 2.42. The van der Waals surface area contributed by atoms with Crippen LogP contribution in [-0.2, 0) is 4.57 Å². The van der Waals surface area contributed by atoms with E-state index in [2.05, 4.69) is 10.2 Å². The molecule has 0 aliphatic rings. The highest BCUT2D eigenvalue weighted by atomic mass is 31.2. The molecular formula is C20H23N2O6P. The third-order valence-electron chi connectivity index (χ3n) is 4.58. The maximum atomic E-state index is 13.2. The van der Waals surface area contributed by atoms with E-state index in [0.29, 0.717) is 44.8 Å². The second-order valence-electron chi connectivity index (χ2n) is 6.71. The number of ether oxygens (including phenoxy) is 4. The van der Waals surface area contributed by atoms with Crippen LogP contribution in [0, 0.1) is 0 Å². The zero-order valence-corrected chi connectivity index (χ0v) is 18.0. The fraction of sp³-hybridized carbons (Fsp3) is 0.300. The van der Waals surface area contributed by atoms with E-state index < -0.39 is 7.14 Å². The van der Waals surface area contributed by atoms with Crippen LogP contribution in [0.15, 0.2) is 24.3 Å². The molecule has 1 aromatic heterocycles. The molecule has 0 unspecified atom stereocenters. The monoisotopic (exact) mass is 418 g/mol. The Morgan fingerprint density at radius 1 is 0.931 bits per heavy atom. The summed E-state index contributed by atoms with van der Waals surface area (Å²) in [7, 11) is 3.26. The zero-order valence-electron chi connectivity index (χ0n) is 17.2. The number of aromatic amines is 1. The Kier molecular flexibility index (Phi) is 5.57. The summed E-state index contributed by atoms with van der Waals surface area (Å²) in [5, 5.41) is 8.15. The molecule has 0 aliphatic carbocycles. The van der Waals surface area contributed by atoms with Gasteiger partial charge in [0.05, 0.1) is 39.3 Å². The summed E-state index contributed by atoms with van der Waals surface area (Å²) in [5.41, 5.74) is 1.04. The lowest BCUT2D eigenvalue weighted by Gasteiger charge is -2.14. The van der Waals surface area contributed by atoms with Crippen molar-refractivity contribution in [3.05, 3.63) is 35.5 Å². The Bertz CT molecular complexity index is 1110. The molecule has 0 atom stereocenters. The third-order valence-corrected chi connectivity index (χ3v) is 6.10. The molecule has 9 heteroatoms. The summed E-state index contributed by atoms with van der Waals surface area (Å²) < 4.78 is 34.2. The Labute approximate surface area is 168 Å². The lowest BCUT2D eigenvalue weighted by molar-refractivity contribution is 0.103.